The molecule has 1 atom stereocenters. The number of amides is 1. The predicted molar refractivity (Wildman–Crippen MR) is 126 cm³/mol. The zero-order chi connectivity index (χ0) is 23.4. The van der Waals surface area contributed by atoms with Crippen LogP contribution in [0.5, 0.6) is 5.75 Å². The minimum Gasteiger partial charge on any atom is -0.494 e. The summed E-state index contributed by atoms with van der Waals surface area (Å²) in [5, 5.41) is 21.6. The van der Waals surface area contributed by atoms with Gasteiger partial charge in [-0.25, -0.2) is 4.98 Å². The molecule has 174 valence electrons. The Morgan fingerprint density at radius 1 is 1.26 bits per heavy atom. The summed E-state index contributed by atoms with van der Waals surface area (Å²) in [7, 11) is 1.67. The predicted octanol–water partition coefficient (Wildman–Crippen LogP) is 2.75. The first-order valence-electron chi connectivity index (χ1n) is 11.6. The molecule has 2 N–H and O–H groups in total. The molecule has 1 fully saturated rings. The van der Waals surface area contributed by atoms with Crippen LogP contribution in [0.4, 0.5) is 0 Å². The van der Waals surface area contributed by atoms with E-state index >= 15 is 0 Å². The number of aryl methyl sites for hydroxylation is 1. The number of carbonyl (C=O) groups is 1. The maximum atomic E-state index is 11.9. The number of benzene rings is 1. The van der Waals surface area contributed by atoms with Gasteiger partial charge in [0.25, 0.3) is 5.91 Å². The van der Waals surface area contributed by atoms with Gasteiger partial charge in [-0.15, -0.1) is 0 Å². The average molecular weight is 459 g/mol. The number of H-pyrrole nitrogens is 1. The third-order valence-electron chi connectivity index (χ3n) is 6.90. The highest BCUT2D eigenvalue weighted by atomic mass is 16.5. The van der Waals surface area contributed by atoms with Gasteiger partial charge >= 0.3 is 0 Å². The molecule has 1 aliphatic heterocycles. The monoisotopic (exact) mass is 458 g/mol. The number of aliphatic hydroxyl groups excluding tert-OH is 1. The van der Waals surface area contributed by atoms with E-state index in [1.165, 1.54) is 18.1 Å². The summed E-state index contributed by atoms with van der Waals surface area (Å²) in [6.45, 7) is 2.56. The van der Waals surface area contributed by atoms with Crippen LogP contribution in [0.3, 0.4) is 0 Å². The van der Waals surface area contributed by atoms with Crippen molar-refractivity contribution in [2.24, 2.45) is 0 Å². The number of carbonyl (C=O) groups excluding carboxylic acids is 1. The lowest BCUT2D eigenvalue weighted by Gasteiger charge is -2.39. The molecule has 1 saturated heterocycles. The highest BCUT2D eigenvalue weighted by molar-refractivity contribution is 5.93. The molecule has 0 spiro atoms. The van der Waals surface area contributed by atoms with Gasteiger partial charge in [-0.1, -0.05) is 18.2 Å². The van der Waals surface area contributed by atoms with Gasteiger partial charge in [0.15, 0.2) is 0 Å². The molecule has 3 aromatic heterocycles. The maximum absolute atomic E-state index is 11.9. The minimum atomic E-state index is -0.979. The molecule has 0 bridgehead atoms. The van der Waals surface area contributed by atoms with Gasteiger partial charge in [0.1, 0.15) is 28.8 Å². The molecule has 2 aliphatic rings. The zero-order valence-corrected chi connectivity index (χ0v) is 19.2. The van der Waals surface area contributed by atoms with Crippen LogP contribution < -0.4 is 4.74 Å². The van der Waals surface area contributed by atoms with E-state index in [-0.39, 0.29) is 11.9 Å². The van der Waals surface area contributed by atoms with Gasteiger partial charge in [0.2, 0.25) is 0 Å². The number of hydrogen-bond acceptors (Lipinski definition) is 6. The number of aliphatic hydroxyl groups is 1. The van der Waals surface area contributed by atoms with E-state index < -0.39 is 6.10 Å². The molecule has 4 heterocycles. The van der Waals surface area contributed by atoms with Crippen LogP contribution in [0.25, 0.3) is 33.5 Å². The van der Waals surface area contributed by atoms with Gasteiger partial charge in [0, 0.05) is 36.5 Å². The van der Waals surface area contributed by atoms with Crippen LogP contribution in [0.15, 0.2) is 36.7 Å². The molecule has 0 saturated carbocycles. The van der Waals surface area contributed by atoms with Crippen LogP contribution in [0, 0.1) is 0 Å². The number of hydrogen-bond donors (Lipinski definition) is 2. The fourth-order valence-electron chi connectivity index (χ4n) is 5.05. The first-order valence-corrected chi connectivity index (χ1v) is 11.6. The summed E-state index contributed by atoms with van der Waals surface area (Å²) in [5.41, 5.74) is 7.84. The van der Waals surface area contributed by atoms with E-state index in [4.69, 9.17) is 9.72 Å². The fraction of sp³-hybridized carbons (Fsp3) is 0.360. The van der Waals surface area contributed by atoms with E-state index in [1.54, 1.807) is 18.2 Å². The Labute approximate surface area is 196 Å². The molecular formula is C25H26N6O3. The summed E-state index contributed by atoms with van der Waals surface area (Å²) < 4.78 is 7.57. The lowest BCUT2D eigenvalue weighted by Crippen LogP contribution is -2.53. The zero-order valence-electron chi connectivity index (χ0n) is 19.2. The second kappa shape index (κ2) is 7.95. The summed E-state index contributed by atoms with van der Waals surface area (Å²) in [6, 6.07) is 8.45. The number of likely N-dealkylation sites (tertiary alicyclic amines) is 1. The third kappa shape index (κ3) is 3.27. The van der Waals surface area contributed by atoms with Crippen molar-refractivity contribution < 1.29 is 14.6 Å². The van der Waals surface area contributed by atoms with Gasteiger partial charge in [0.05, 0.1) is 24.9 Å². The number of aromatic nitrogens is 5. The Hall–Kier alpha value is -3.72. The molecule has 0 radical (unpaired) electrons. The molecule has 1 aromatic carbocycles. The highest BCUT2D eigenvalue weighted by Crippen LogP contribution is 2.38. The van der Waals surface area contributed by atoms with E-state index in [1.807, 2.05) is 16.9 Å². The number of rotatable bonds is 5. The summed E-state index contributed by atoms with van der Waals surface area (Å²) >= 11 is 0. The van der Waals surface area contributed by atoms with E-state index in [0.717, 1.165) is 58.6 Å². The lowest BCUT2D eigenvalue weighted by atomic mass is 9.99. The molecule has 9 nitrogen and oxygen atoms in total. The Morgan fingerprint density at radius 2 is 2.12 bits per heavy atom. The average Bonchev–Trinajstić information content (AvgIpc) is 3.55. The largest absolute Gasteiger partial charge is 0.494 e. The number of fused-ring (bicyclic) bond motifs is 2. The number of nitrogens with one attached hydrogen (secondary N) is 1. The Kier molecular flexibility index (Phi) is 4.88. The highest BCUT2D eigenvalue weighted by Gasteiger charge is 2.34. The number of pyridine rings is 1. The van der Waals surface area contributed by atoms with Crippen molar-refractivity contribution in [1.29, 1.82) is 0 Å². The van der Waals surface area contributed by atoms with E-state index in [0.29, 0.717) is 13.1 Å². The van der Waals surface area contributed by atoms with Gasteiger partial charge in [-0.05, 0) is 37.3 Å². The SMILES string of the molecule is COc1cc2[nH]nc(-c3cnn(C4CN(C(=O)[C@@H](C)O)C4)c3)c2nc1-c1cccc2c1CCC2. The van der Waals surface area contributed by atoms with Crippen molar-refractivity contribution >= 4 is 16.9 Å². The van der Waals surface area contributed by atoms with Crippen molar-refractivity contribution in [3.05, 3.63) is 47.8 Å². The second-order valence-electron chi connectivity index (χ2n) is 9.09. The Bertz CT molecular complexity index is 1400. The normalized spacial score (nSPS) is 16.5. The topological polar surface area (TPSA) is 109 Å². The maximum Gasteiger partial charge on any atom is 0.251 e. The van der Waals surface area contributed by atoms with Crippen LogP contribution in [-0.4, -0.2) is 67.2 Å². The number of methoxy groups -OCH3 is 1. The van der Waals surface area contributed by atoms with Crippen molar-refractivity contribution in [2.45, 2.75) is 38.3 Å². The first-order chi connectivity index (χ1) is 16.5. The molecule has 0 unspecified atom stereocenters. The van der Waals surface area contributed by atoms with E-state index in [9.17, 15) is 9.90 Å². The first kappa shape index (κ1) is 20.9. The second-order valence-corrected chi connectivity index (χ2v) is 9.09. The van der Waals surface area contributed by atoms with Crippen molar-refractivity contribution in [1.82, 2.24) is 29.9 Å². The van der Waals surface area contributed by atoms with Gasteiger partial charge in [-0.2, -0.15) is 10.2 Å². The molecule has 6 rings (SSSR count). The lowest BCUT2D eigenvalue weighted by molar-refractivity contribution is -0.145. The van der Waals surface area contributed by atoms with E-state index in [2.05, 4.69) is 33.5 Å². The van der Waals surface area contributed by atoms with Crippen LogP contribution >= 0.6 is 0 Å². The molecule has 9 heteroatoms. The quantitative estimate of drug-likeness (QED) is 0.476. The standard InChI is InChI=1S/C25H26N6O3/c1-14(32)25(33)30-12-17(13-30)31-11-16(10-26-31)22-24-20(28-29-22)9-21(34-2)23(27-24)19-8-4-6-15-5-3-7-18(15)19/h4,6,8-11,14,17,32H,3,5,7,12-13H2,1-2H3,(H,28,29)/t14-/m1/s1. The summed E-state index contributed by atoms with van der Waals surface area (Å²) in [4.78, 5) is 18.6. The minimum absolute atomic E-state index is 0.0807. The Balaban J connectivity index is 1.35. The molecule has 34 heavy (non-hydrogen) atoms. The molecule has 1 aliphatic carbocycles. The third-order valence-corrected chi connectivity index (χ3v) is 6.90. The van der Waals surface area contributed by atoms with Gasteiger partial charge < -0.3 is 14.7 Å². The Morgan fingerprint density at radius 3 is 2.91 bits per heavy atom. The smallest absolute Gasteiger partial charge is 0.251 e. The van der Waals surface area contributed by atoms with Crippen LogP contribution in [-0.2, 0) is 17.6 Å². The van der Waals surface area contributed by atoms with Crippen molar-refractivity contribution in [2.75, 3.05) is 20.2 Å². The number of nitrogens with zero attached hydrogens (tertiary/aromatic N) is 5. The van der Waals surface area contributed by atoms with Crippen molar-refractivity contribution in [3.63, 3.8) is 0 Å². The molecule has 4 aromatic rings. The van der Waals surface area contributed by atoms with Crippen LogP contribution in [0.2, 0.25) is 0 Å². The molecular weight excluding hydrogens is 432 g/mol. The summed E-state index contributed by atoms with van der Waals surface area (Å²) in [5.74, 6) is 0.469. The summed E-state index contributed by atoms with van der Waals surface area (Å²) in [6.07, 6.45) is 6.05. The number of ether oxygens (including phenoxy) is 1. The fourth-order valence-corrected chi connectivity index (χ4v) is 5.05. The van der Waals surface area contributed by atoms with Gasteiger partial charge in [-0.3, -0.25) is 14.6 Å². The molecule has 1 amide bonds. The van der Waals surface area contributed by atoms with Crippen LogP contribution in [0.1, 0.15) is 30.5 Å². The van der Waals surface area contributed by atoms with Crippen molar-refractivity contribution in [3.8, 4) is 28.3 Å². The number of aromatic amines is 1.